The average Bonchev–Trinajstić information content (AvgIpc) is 3.44. The van der Waals surface area contributed by atoms with Gasteiger partial charge in [0.15, 0.2) is 0 Å². The fourth-order valence-corrected chi connectivity index (χ4v) is 11.3. The molecule has 0 saturated heterocycles. The number of ether oxygens (including phenoxy) is 1. The monoisotopic (exact) mass is 1100 g/mol. The minimum absolute atomic E-state index is 0.0101. The maximum absolute atomic E-state index is 12.5. The highest BCUT2D eigenvalue weighted by atomic mass is 16.5. The van der Waals surface area contributed by atoms with Crippen molar-refractivity contribution in [3.05, 3.63) is 24.3 Å². The third-order valence-electron chi connectivity index (χ3n) is 16.7. The molecule has 0 radical (unpaired) electrons. The molecule has 0 aromatic rings. The summed E-state index contributed by atoms with van der Waals surface area (Å²) < 4.78 is 5.50. The van der Waals surface area contributed by atoms with Gasteiger partial charge in [0.1, 0.15) is 0 Å². The van der Waals surface area contributed by atoms with Crippen LogP contribution in [0.5, 0.6) is 0 Å². The zero-order valence-corrected chi connectivity index (χ0v) is 52.9. The molecule has 1 amide bonds. The zero-order chi connectivity index (χ0) is 56.4. The molecule has 2 atom stereocenters. The number of carbonyl (C=O) groups excluding carboxylic acids is 2. The highest BCUT2D eigenvalue weighted by molar-refractivity contribution is 5.76. The Morgan fingerprint density at radius 2 is 0.603 bits per heavy atom. The number of aliphatic hydroxyl groups is 2. The van der Waals surface area contributed by atoms with E-state index < -0.39 is 12.1 Å². The molecule has 0 fully saturated rings. The van der Waals surface area contributed by atoms with Crippen LogP contribution in [-0.4, -0.2) is 47.4 Å². The van der Waals surface area contributed by atoms with E-state index in [2.05, 4.69) is 43.5 Å². The molecule has 0 spiro atoms. The largest absolute Gasteiger partial charge is 0.466 e. The molecule has 78 heavy (non-hydrogen) atoms. The molecule has 6 nitrogen and oxygen atoms in total. The Morgan fingerprint density at radius 3 is 0.910 bits per heavy atom. The summed E-state index contributed by atoms with van der Waals surface area (Å²) in [7, 11) is 0. The minimum Gasteiger partial charge on any atom is -0.466 e. The van der Waals surface area contributed by atoms with Gasteiger partial charge < -0.3 is 20.3 Å². The molecule has 0 aromatic carbocycles. The van der Waals surface area contributed by atoms with Crippen molar-refractivity contribution >= 4 is 11.9 Å². The van der Waals surface area contributed by atoms with Gasteiger partial charge in [0, 0.05) is 12.8 Å². The number of hydrogen-bond donors (Lipinski definition) is 3. The molecule has 0 rings (SSSR count). The summed E-state index contributed by atoms with van der Waals surface area (Å²) in [5.41, 5.74) is 0. The third-order valence-corrected chi connectivity index (χ3v) is 16.7. The van der Waals surface area contributed by atoms with Gasteiger partial charge in [-0.3, -0.25) is 9.59 Å². The Hall–Kier alpha value is -1.66. The van der Waals surface area contributed by atoms with Crippen molar-refractivity contribution in [2.75, 3.05) is 13.2 Å². The second-order valence-electron chi connectivity index (χ2n) is 24.6. The molecule has 0 bridgehead atoms. The van der Waals surface area contributed by atoms with Crippen molar-refractivity contribution < 1.29 is 24.5 Å². The Kier molecular flexibility index (Phi) is 66.4. The van der Waals surface area contributed by atoms with E-state index in [9.17, 15) is 19.8 Å². The lowest BCUT2D eigenvalue weighted by molar-refractivity contribution is -0.143. The van der Waals surface area contributed by atoms with Crippen LogP contribution in [0.3, 0.4) is 0 Å². The van der Waals surface area contributed by atoms with Crippen molar-refractivity contribution in [3.8, 4) is 0 Å². The van der Waals surface area contributed by atoms with Gasteiger partial charge in [0.25, 0.3) is 0 Å². The highest BCUT2D eigenvalue weighted by Gasteiger charge is 2.20. The number of nitrogens with one attached hydrogen (secondary N) is 1. The van der Waals surface area contributed by atoms with Crippen LogP contribution in [0.4, 0.5) is 0 Å². The van der Waals surface area contributed by atoms with Crippen molar-refractivity contribution in [1.29, 1.82) is 0 Å². The van der Waals surface area contributed by atoms with Crippen molar-refractivity contribution in [3.63, 3.8) is 0 Å². The molecular weight excluding hydrogens is 959 g/mol. The Bertz CT molecular complexity index is 1220. The zero-order valence-electron chi connectivity index (χ0n) is 52.9. The average molecular weight is 1100 g/mol. The van der Waals surface area contributed by atoms with Gasteiger partial charge in [0.2, 0.25) is 5.91 Å². The summed E-state index contributed by atoms with van der Waals surface area (Å²) in [6.45, 7) is 4.98. The van der Waals surface area contributed by atoms with Crippen LogP contribution < -0.4 is 5.32 Å². The molecule has 0 heterocycles. The first kappa shape index (κ1) is 76.3. The SMILES string of the molecule is CCCCCCCC/C=C\CCCCCCCCCC(=O)OCCCCCCCCCCCCCC/C=C\CCCCCCCCCCC(=O)NC(CO)C(O)CCCCCCCCCCCCCCCCCCCCCC. The maximum Gasteiger partial charge on any atom is 0.305 e. The van der Waals surface area contributed by atoms with Crippen LogP contribution in [-0.2, 0) is 14.3 Å². The van der Waals surface area contributed by atoms with Crippen LogP contribution in [0.1, 0.15) is 399 Å². The summed E-state index contributed by atoms with van der Waals surface area (Å²) in [6, 6.07) is -0.546. The van der Waals surface area contributed by atoms with Crippen LogP contribution in [0.15, 0.2) is 24.3 Å². The Labute approximate surface area is 488 Å². The number of amides is 1. The molecule has 462 valence electrons. The Morgan fingerprint density at radius 1 is 0.346 bits per heavy atom. The number of rotatable bonds is 67. The fraction of sp³-hybridized carbons (Fsp3) is 0.917. The third kappa shape index (κ3) is 63.5. The molecule has 3 N–H and O–H groups in total. The van der Waals surface area contributed by atoms with Crippen LogP contribution in [0, 0.1) is 0 Å². The van der Waals surface area contributed by atoms with Crippen LogP contribution in [0.25, 0.3) is 0 Å². The Balaban J connectivity index is 3.39. The lowest BCUT2D eigenvalue weighted by atomic mass is 10.0. The van der Waals surface area contributed by atoms with E-state index in [0.29, 0.717) is 25.9 Å². The van der Waals surface area contributed by atoms with E-state index in [1.165, 1.54) is 321 Å². The summed E-state index contributed by atoms with van der Waals surface area (Å²) in [4.78, 5) is 24.6. The molecule has 0 aromatic heterocycles. The van der Waals surface area contributed by atoms with Crippen molar-refractivity contribution in [2.24, 2.45) is 0 Å². The van der Waals surface area contributed by atoms with Crippen LogP contribution >= 0.6 is 0 Å². The van der Waals surface area contributed by atoms with Gasteiger partial charge in [-0.1, -0.05) is 334 Å². The van der Waals surface area contributed by atoms with Gasteiger partial charge in [0.05, 0.1) is 25.4 Å². The molecule has 0 aliphatic heterocycles. The minimum atomic E-state index is -0.668. The van der Waals surface area contributed by atoms with Gasteiger partial charge in [-0.2, -0.15) is 0 Å². The molecule has 6 heteroatoms. The van der Waals surface area contributed by atoms with E-state index in [4.69, 9.17) is 4.74 Å². The molecule has 0 aliphatic rings. The second kappa shape index (κ2) is 67.8. The van der Waals surface area contributed by atoms with Gasteiger partial charge in [-0.25, -0.2) is 0 Å². The molecule has 0 saturated carbocycles. The first-order chi connectivity index (χ1) is 38.5. The van der Waals surface area contributed by atoms with E-state index in [1.807, 2.05) is 0 Å². The predicted molar refractivity (Wildman–Crippen MR) is 343 cm³/mol. The van der Waals surface area contributed by atoms with E-state index >= 15 is 0 Å². The van der Waals surface area contributed by atoms with Gasteiger partial charge >= 0.3 is 5.97 Å². The summed E-state index contributed by atoms with van der Waals surface area (Å²) in [5, 5.41) is 23.4. The maximum atomic E-state index is 12.5. The summed E-state index contributed by atoms with van der Waals surface area (Å²) in [6.07, 6.45) is 85.1. The number of allylic oxidation sites excluding steroid dienone is 4. The topological polar surface area (TPSA) is 95.9 Å². The summed E-state index contributed by atoms with van der Waals surface area (Å²) in [5.74, 6) is -0.0253. The lowest BCUT2D eigenvalue weighted by Gasteiger charge is -2.22. The van der Waals surface area contributed by atoms with Crippen molar-refractivity contribution in [1.82, 2.24) is 5.32 Å². The van der Waals surface area contributed by atoms with Gasteiger partial charge in [-0.05, 0) is 77.0 Å². The number of carbonyl (C=O) groups is 2. The van der Waals surface area contributed by atoms with Crippen LogP contribution in [0.2, 0.25) is 0 Å². The standard InChI is InChI=1S/C72H139NO5/c1-3-5-7-9-11-13-15-17-19-21-22-29-33-36-40-44-48-52-56-60-64-70(75)69(68-74)73-71(76)65-61-57-53-49-45-41-37-34-30-27-25-23-24-26-28-31-35-39-43-47-51-55-59-63-67-78-72(77)66-62-58-54-50-46-42-38-32-20-18-16-14-12-10-8-6-4-2/h18,20,25,27,69-70,74-75H,3-17,19,21-24,26,28-68H2,1-2H3,(H,73,76)/b20-18-,27-25-. The first-order valence-electron chi connectivity index (χ1n) is 35.6. The van der Waals surface area contributed by atoms with E-state index in [-0.39, 0.29) is 18.5 Å². The number of esters is 1. The number of unbranched alkanes of at least 4 members (excludes halogenated alkanes) is 52. The first-order valence-corrected chi connectivity index (χ1v) is 35.6. The smallest absolute Gasteiger partial charge is 0.305 e. The molecule has 0 aliphatic carbocycles. The molecular formula is C72H139NO5. The highest BCUT2D eigenvalue weighted by Crippen LogP contribution is 2.19. The van der Waals surface area contributed by atoms with Crippen molar-refractivity contribution in [2.45, 2.75) is 411 Å². The summed E-state index contributed by atoms with van der Waals surface area (Å²) >= 11 is 0. The number of hydrogen-bond acceptors (Lipinski definition) is 5. The quantitative estimate of drug-likeness (QED) is 0.0320. The van der Waals surface area contributed by atoms with E-state index in [1.54, 1.807) is 0 Å². The predicted octanol–water partition coefficient (Wildman–Crippen LogP) is 22.9. The normalized spacial score (nSPS) is 12.6. The molecule has 2 unspecified atom stereocenters. The van der Waals surface area contributed by atoms with Gasteiger partial charge in [-0.15, -0.1) is 0 Å². The van der Waals surface area contributed by atoms with E-state index in [0.717, 1.165) is 44.9 Å². The lowest BCUT2D eigenvalue weighted by Crippen LogP contribution is -2.45. The fourth-order valence-electron chi connectivity index (χ4n) is 11.3. The second-order valence-corrected chi connectivity index (χ2v) is 24.6. The number of aliphatic hydroxyl groups excluding tert-OH is 2.